The Bertz CT molecular complexity index is 794. The van der Waals surface area contributed by atoms with Crippen LogP contribution in [0.25, 0.3) is 11.3 Å². The van der Waals surface area contributed by atoms with Crippen molar-refractivity contribution in [3.63, 3.8) is 0 Å². The quantitative estimate of drug-likeness (QED) is 0.914. The summed E-state index contributed by atoms with van der Waals surface area (Å²) in [7, 11) is 0. The largest absolute Gasteiger partial charge is 0.481 e. The van der Waals surface area contributed by atoms with Crippen molar-refractivity contribution in [3.8, 4) is 11.3 Å². The van der Waals surface area contributed by atoms with Crippen LogP contribution in [-0.4, -0.2) is 50.0 Å². The minimum absolute atomic E-state index is 0.00638. The summed E-state index contributed by atoms with van der Waals surface area (Å²) in [6.07, 6.45) is 4.10. The first-order chi connectivity index (χ1) is 12.1. The molecule has 1 spiro atoms. The third-order valence-electron chi connectivity index (χ3n) is 5.51. The Hall–Kier alpha value is -2.70. The van der Waals surface area contributed by atoms with Crippen LogP contribution in [0.15, 0.2) is 36.5 Å². The fourth-order valence-corrected chi connectivity index (χ4v) is 3.81. The van der Waals surface area contributed by atoms with Crippen LogP contribution < -0.4 is 0 Å². The topological polar surface area (TPSA) is 88.3 Å². The van der Waals surface area contributed by atoms with E-state index in [2.05, 4.69) is 10.3 Å². The molecule has 130 valence electrons. The normalized spacial score (nSPS) is 21.3. The van der Waals surface area contributed by atoms with Gasteiger partial charge in [0.1, 0.15) is 12.2 Å². The van der Waals surface area contributed by atoms with Gasteiger partial charge in [-0.15, -0.1) is 5.10 Å². The maximum atomic E-state index is 12.5. The molecule has 2 aliphatic rings. The van der Waals surface area contributed by atoms with Gasteiger partial charge in [-0.1, -0.05) is 35.5 Å². The van der Waals surface area contributed by atoms with Crippen LogP contribution in [0.2, 0.25) is 0 Å². The number of aliphatic carboxylic acids is 1. The highest BCUT2D eigenvalue weighted by atomic mass is 16.4. The van der Waals surface area contributed by atoms with E-state index in [1.54, 1.807) is 10.9 Å². The zero-order valence-corrected chi connectivity index (χ0v) is 13.8. The molecule has 2 fully saturated rings. The lowest BCUT2D eigenvalue weighted by molar-refractivity contribution is -0.140. The van der Waals surface area contributed by atoms with E-state index in [0.717, 1.165) is 30.5 Å². The number of benzene rings is 1. The zero-order valence-electron chi connectivity index (χ0n) is 13.8. The smallest absolute Gasteiger partial charge is 0.307 e. The molecule has 0 bridgehead atoms. The van der Waals surface area contributed by atoms with Crippen molar-refractivity contribution in [1.82, 2.24) is 19.9 Å². The molecule has 1 saturated heterocycles. The number of amides is 1. The first kappa shape index (κ1) is 15.8. The standard InChI is InChI=1S/C18H20N4O3/c23-16(21-8-6-18(7-9-21)10-14(18)17(24)25)12-22-11-15(19-20-22)13-4-2-1-3-5-13/h1-5,11,14H,6-10,12H2,(H,24,25). The predicted octanol–water partition coefficient (Wildman–Crippen LogP) is 1.66. The minimum atomic E-state index is -0.698. The molecule has 7 heteroatoms. The highest BCUT2D eigenvalue weighted by Crippen LogP contribution is 2.59. The maximum Gasteiger partial charge on any atom is 0.307 e. The summed E-state index contributed by atoms with van der Waals surface area (Å²) >= 11 is 0. The summed E-state index contributed by atoms with van der Waals surface area (Å²) in [5.74, 6) is -0.906. The second kappa shape index (κ2) is 5.98. The van der Waals surface area contributed by atoms with Gasteiger partial charge in [0.2, 0.25) is 5.91 Å². The van der Waals surface area contributed by atoms with Gasteiger partial charge in [0.05, 0.1) is 12.1 Å². The lowest BCUT2D eigenvalue weighted by Gasteiger charge is -2.32. The van der Waals surface area contributed by atoms with Gasteiger partial charge in [-0.3, -0.25) is 9.59 Å². The Morgan fingerprint density at radius 2 is 1.92 bits per heavy atom. The van der Waals surface area contributed by atoms with E-state index in [0.29, 0.717) is 13.1 Å². The number of hydrogen-bond donors (Lipinski definition) is 1. The zero-order chi connectivity index (χ0) is 17.4. The van der Waals surface area contributed by atoms with Gasteiger partial charge in [0.15, 0.2) is 0 Å². The van der Waals surface area contributed by atoms with E-state index in [9.17, 15) is 9.59 Å². The molecule has 1 aromatic carbocycles. The van der Waals surface area contributed by atoms with E-state index in [1.165, 1.54) is 0 Å². The van der Waals surface area contributed by atoms with E-state index in [1.807, 2.05) is 35.2 Å². The predicted molar refractivity (Wildman–Crippen MR) is 89.4 cm³/mol. The molecule has 1 amide bonds. The molecule has 1 aromatic heterocycles. The number of hydrogen-bond acceptors (Lipinski definition) is 4. The lowest BCUT2D eigenvalue weighted by atomic mass is 9.91. The first-order valence-corrected chi connectivity index (χ1v) is 8.54. The average molecular weight is 340 g/mol. The monoisotopic (exact) mass is 340 g/mol. The summed E-state index contributed by atoms with van der Waals surface area (Å²) in [5.41, 5.74) is 1.65. The van der Waals surface area contributed by atoms with Gasteiger partial charge >= 0.3 is 5.97 Å². The molecule has 1 aliphatic carbocycles. The Kier molecular flexibility index (Phi) is 3.78. The number of aromatic nitrogens is 3. The Morgan fingerprint density at radius 1 is 1.20 bits per heavy atom. The number of nitrogens with zero attached hydrogens (tertiary/aromatic N) is 4. The van der Waals surface area contributed by atoms with Crippen molar-refractivity contribution in [2.45, 2.75) is 25.8 Å². The van der Waals surface area contributed by atoms with Crippen molar-refractivity contribution < 1.29 is 14.7 Å². The van der Waals surface area contributed by atoms with Crippen LogP contribution >= 0.6 is 0 Å². The fourth-order valence-electron chi connectivity index (χ4n) is 3.81. The number of carbonyl (C=O) groups is 2. The maximum absolute atomic E-state index is 12.5. The third kappa shape index (κ3) is 3.01. The van der Waals surface area contributed by atoms with Crippen LogP contribution in [0.4, 0.5) is 0 Å². The number of rotatable bonds is 4. The molecule has 25 heavy (non-hydrogen) atoms. The lowest BCUT2D eigenvalue weighted by Crippen LogP contribution is -2.41. The highest BCUT2D eigenvalue weighted by Gasteiger charge is 2.59. The van der Waals surface area contributed by atoms with Gasteiger partial charge in [0.25, 0.3) is 0 Å². The fraction of sp³-hybridized carbons (Fsp3) is 0.444. The van der Waals surface area contributed by atoms with Gasteiger partial charge in [-0.05, 0) is 24.7 Å². The summed E-state index contributed by atoms with van der Waals surface area (Å²) in [6, 6.07) is 9.72. The van der Waals surface area contributed by atoms with Crippen LogP contribution in [0.3, 0.4) is 0 Å². The van der Waals surface area contributed by atoms with Crippen LogP contribution in [0.5, 0.6) is 0 Å². The van der Waals surface area contributed by atoms with Crippen molar-refractivity contribution >= 4 is 11.9 Å². The molecule has 2 aromatic rings. The van der Waals surface area contributed by atoms with E-state index >= 15 is 0 Å². The molecule has 7 nitrogen and oxygen atoms in total. The number of carboxylic acid groups (broad SMARTS) is 1. The molecule has 1 unspecified atom stereocenters. The molecule has 1 aliphatic heterocycles. The second-order valence-corrected chi connectivity index (χ2v) is 7.01. The summed E-state index contributed by atoms with van der Waals surface area (Å²) in [4.78, 5) is 25.4. The molecular formula is C18H20N4O3. The van der Waals surface area contributed by atoms with Crippen molar-refractivity contribution in [3.05, 3.63) is 36.5 Å². The molecule has 0 radical (unpaired) electrons. The van der Waals surface area contributed by atoms with Crippen LogP contribution in [-0.2, 0) is 16.1 Å². The van der Waals surface area contributed by atoms with Gasteiger partial charge in [-0.2, -0.15) is 0 Å². The average Bonchev–Trinajstić information content (AvgIpc) is 3.12. The van der Waals surface area contributed by atoms with Crippen LogP contribution in [0, 0.1) is 11.3 Å². The Morgan fingerprint density at radius 3 is 2.56 bits per heavy atom. The van der Waals surface area contributed by atoms with Crippen molar-refractivity contribution in [2.24, 2.45) is 11.3 Å². The third-order valence-corrected chi connectivity index (χ3v) is 5.51. The van der Waals surface area contributed by atoms with Gasteiger partial charge in [-0.25, -0.2) is 4.68 Å². The summed E-state index contributed by atoms with van der Waals surface area (Å²) in [6.45, 7) is 1.42. The SMILES string of the molecule is O=C(O)C1CC12CCN(C(=O)Cn1cc(-c3ccccc3)nn1)CC2. The number of carboxylic acids is 1. The molecule has 1 atom stereocenters. The molecule has 2 heterocycles. The van der Waals surface area contributed by atoms with E-state index < -0.39 is 5.97 Å². The number of piperidine rings is 1. The second-order valence-electron chi connectivity index (χ2n) is 7.01. The Balaban J connectivity index is 1.34. The summed E-state index contributed by atoms with van der Waals surface area (Å²) in [5, 5.41) is 17.3. The number of carbonyl (C=O) groups excluding carboxylic acids is 1. The highest BCUT2D eigenvalue weighted by molar-refractivity contribution is 5.77. The molecule has 1 saturated carbocycles. The first-order valence-electron chi connectivity index (χ1n) is 8.54. The minimum Gasteiger partial charge on any atom is -0.481 e. The molecular weight excluding hydrogens is 320 g/mol. The van der Waals surface area contributed by atoms with Crippen molar-refractivity contribution in [1.29, 1.82) is 0 Å². The van der Waals surface area contributed by atoms with Crippen LogP contribution in [0.1, 0.15) is 19.3 Å². The van der Waals surface area contributed by atoms with Gasteiger partial charge in [0, 0.05) is 18.7 Å². The molecule has 4 rings (SSSR count). The van der Waals surface area contributed by atoms with E-state index in [4.69, 9.17) is 5.11 Å². The molecule has 1 N–H and O–H groups in total. The van der Waals surface area contributed by atoms with E-state index in [-0.39, 0.29) is 23.8 Å². The number of likely N-dealkylation sites (tertiary alicyclic amines) is 1. The summed E-state index contributed by atoms with van der Waals surface area (Å²) < 4.78 is 1.56. The Labute approximate surface area is 145 Å². The van der Waals surface area contributed by atoms with Gasteiger partial charge < -0.3 is 10.0 Å². The van der Waals surface area contributed by atoms with Crippen molar-refractivity contribution in [2.75, 3.05) is 13.1 Å².